The number of carboxylic acid groups (broad SMARTS) is 1. The summed E-state index contributed by atoms with van der Waals surface area (Å²) in [5.74, 6) is -1.62. The molecule has 2 N–H and O–H groups in total. The second kappa shape index (κ2) is 10.5. The molecule has 10 nitrogen and oxygen atoms in total. The number of rotatable bonds is 9. The van der Waals surface area contributed by atoms with E-state index in [-0.39, 0.29) is 30.8 Å². The fourth-order valence-corrected chi connectivity index (χ4v) is 4.09. The summed E-state index contributed by atoms with van der Waals surface area (Å²) < 4.78 is 20.9. The van der Waals surface area contributed by atoms with Gasteiger partial charge in [0, 0.05) is 23.3 Å². The fourth-order valence-electron chi connectivity index (χ4n) is 3.96. The molecule has 0 radical (unpaired) electrons. The second-order valence-electron chi connectivity index (χ2n) is 8.83. The first-order chi connectivity index (χ1) is 18.3. The van der Waals surface area contributed by atoms with Crippen molar-refractivity contribution in [2.45, 2.75) is 19.5 Å². The molecule has 1 fully saturated rings. The lowest BCUT2D eigenvalue weighted by Gasteiger charge is -2.16. The predicted octanol–water partition coefficient (Wildman–Crippen LogP) is 3.90. The molecule has 0 unspecified atom stereocenters. The van der Waals surface area contributed by atoms with Gasteiger partial charge in [0.05, 0.1) is 18.7 Å². The van der Waals surface area contributed by atoms with E-state index in [4.69, 9.17) is 16.3 Å². The molecule has 194 valence electrons. The first kappa shape index (κ1) is 25.2. The van der Waals surface area contributed by atoms with Gasteiger partial charge in [0.1, 0.15) is 11.6 Å². The number of halogens is 2. The van der Waals surface area contributed by atoms with Gasteiger partial charge in [-0.15, -0.1) is 0 Å². The highest BCUT2D eigenvalue weighted by molar-refractivity contribution is 6.30. The van der Waals surface area contributed by atoms with E-state index in [1.807, 2.05) is 0 Å². The van der Waals surface area contributed by atoms with E-state index < -0.39 is 29.1 Å². The Balaban J connectivity index is 1.42. The third-order valence-corrected chi connectivity index (χ3v) is 6.35. The summed E-state index contributed by atoms with van der Waals surface area (Å²) in [6.45, 7) is 0.0715. The maximum atomic E-state index is 13.4. The molecule has 12 heteroatoms. The van der Waals surface area contributed by atoms with Gasteiger partial charge in [-0.3, -0.25) is 9.36 Å². The van der Waals surface area contributed by atoms with Gasteiger partial charge in [-0.2, -0.15) is 4.98 Å². The molecule has 1 saturated carbocycles. The third kappa shape index (κ3) is 5.73. The van der Waals surface area contributed by atoms with Gasteiger partial charge in [-0.25, -0.2) is 23.5 Å². The van der Waals surface area contributed by atoms with E-state index >= 15 is 0 Å². The minimum Gasteiger partial charge on any atom is -0.481 e. The van der Waals surface area contributed by atoms with Crippen LogP contribution in [0, 0.1) is 17.7 Å². The van der Waals surface area contributed by atoms with Crippen LogP contribution >= 0.6 is 11.6 Å². The molecule has 0 amide bonds. The first-order valence-corrected chi connectivity index (χ1v) is 12.0. The van der Waals surface area contributed by atoms with Crippen LogP contribution < -0.4 is 21.4 Å². The van der Waals surface area contributed by atoms with Crippen molar-refractivity contribution in [3.8, 4) is 11.6 Å². The molecule has 4 aromatic rings. The lowest BCUT2D eigenvalue weighted by Crippen LogP contribution is -2.43. The average molecular weight is 538 g/mol. The Hall–Kier alpha value is -4.51. The maximum absolute atomic E-state index is 13.4. The molecule has 1 aliphatic rings. The van der Waals surface area contributed by atoms with Crippen molar-refractivity contribution in [1.29, 1.82) is 0 Å². The van der Waals surface area contributed by atoms with Crippen molar-refractivity contribution in [2.24, 2.45) is 11.8 Å². The van der Waals surface area contributed by atoms with E-state index in [1.54, 1.807) is 48.5 Å². The summed E-state index contributed by atoms with van der Waals surface area (Å²) in [6, 6.07) is 16.1. The molecule has 5 rings (SSSR count). The van der Waals surface area contributed by atoms with Crippen LogP contribution in [0.4, 0.5) is 16.0 Å². The largest absolute Gasteiger partial charge is 0.481 e. The number of aromatic nitrogens is 4. The smallest absolute Gasteiger partial charge is 0.354 e. The van der Waals surface area contributed by atoms with Crippen molar-refractivity contribution < 1.29 is 19.0 Å². The SMILES string of the molecule is O=C(O)[C@H]1C[C@H]1Cn1c(=O)nc(Nc2ccc(Oc3ccc(F)cn3)cc2)n(Cc2ccc(Cl)cc2)c1=O. The van der Waals surface area contributed by atoms with Gasteiger partial charge >= 0.3 is 17.3 Å². The van der Waals surface area contributed by atoms with E-state index in [2.05, 4.69) is 15.3 Å². The summed E-state index contributed by atoms with van der Waals surface area (Å²) in [5.41, 5.74) is -0.118. The molecule has 0 spiro atoms. The molecule has 2 aromatic carbocycles. The zero-order chi connectivity index (χ0) is 26.8. The zero-order valence-electron chi connectivity index (χ0n) is 19.8. The number of anilines is 2. The third-order valence-electron chi connectivity index (χ3n) is 6.09. The highest BCUT2D eigenvalue weighted by Crippen LogP contribution is 2.39. The summed E-state index contributed by atoms with van der Waals surface area (Å²) in [6.07, 6.45) is 1.45. The Morgan fingerprint density at radius 3 is 2.45 bits per heavy atom. The highest BCUT2D eigenvalue weighted by atomic mass is 35.5. The summed E-state index contributed by atoms with van der Waals surface area (Å²) in [4.78, 5) is 45.4. The number of carboxylic acids is 1. The zero-order valence-corrected chi connectivity index (χ0v) is 20.5. The van der Waals surface area contributed by atoms with Crippen molar-refractivity contribution in [1.82, 2.24) is 19.1 Å². The number of hydrogen-bond donors (Lipinski definition) is 2. The summed E-state index contributed by atoms with van der Waals surface area (Å²) >= 11 is 5.99. The molecule has 1 aliphatic carbocycles. The molecular formula is C26H21ClFN5O5. The normalized spacial score (nSPS) is 16.2. The van der Waals surface area contributed by atoms with Crippen LogP contribution in [0.15, 0.2) is 76.4 Å². The van der Waals surface area contributed by atoms with Crippen LogP contribution in [-0.2, 0) is 17.9 Å². The summed E-state index contributed by atoms with van der Waals surface area (Å²) in [5, 5.41) is 12.7. The van der Waals surface area contributed by atoms with Crippen LogP contribution in [0.1, 0.15) is 12.0 Å². The number of benzene rings is 2. The molecule has 38 heavy (non-hydrogen) atoms. The van der Waals surface area contributed by atoms with Crippen molar-refractivity contribution in [3.05, 3.63) is 104 Å². The predicted molar refractivity (Wildman–Crippen MR) is 137 cm³/mol. The Morgan fingerprint density at radius 2 is 1.82 bits per heavy atom. The van der Waals surface area contributed by atoms with Crippen LogP contribution in [0.5, 0.6) is 11.6 Å². The standard InChI is InChI=1S/C26H21ClFN5O5/c27-17-3-1-15(2-4-17)13-32-24(31-25(36)33(26(32)37)14-16-11-21(16)23(34)35)30-19-6-8-20(9-7-19)38-22-10-5-18(28)12-29-22/h1-10,12,16,21H,11,13-14H2,(H,34,35)(H,30,31,36)/t16-,21-/m0/s1. The Morgan fingerprint density at radius 1 is 1.08 bits per heavy atom. The number of hydrogen-bond acceptors (Lipinski definition) is 7. The van der Waals surface area contributed by atoms with Crippen molar-refractivity contribution in [2.75, 3.05) is 5.32 Å². The van der Waals surface area contributed by atoms with E-state index in [0.29, 0.717) is 22.9 Å². The number of ether oxygens (including phenoxy) is 1. The van der Waals surface area contributed by atoms with Crippen molar-refractivity contribution >= 4 is 29.2 Å². The molecule has 0 saturated heterocycles. The minimum absolute atomic E-state index is 0.0191. The minimum atomic E-state index is -0.946. The number of pyridine rings is 1. The Labute approximate surface area is 219 Å². The van der Waals surface area contributed by atoms with Gasteiger partial charge < -0.3 is 15.2 Å². The second-order valence-corrected chi connectivity index (χ2v) is 9.27. The average Bonchev–Trinajstić information content (AvgIpc) is 3.68. The molecule has 0 bridgehead atoms. The quantitative estimate of drug-likeness (QED) is 0.329. The summed E-state index contributed by atoms with van der Waals surface area (Å²) in [7, 11) is 0. The van der Waals surface area contributed by atoms with Crippen molar-refractivity contribution in [3.63, 3.8) is 0 Å². The molecule has 2 heterocycles. The van der Waals surface area contributed by atoms with Gasteiger partial charge in [0.25, 0.3) is 0 Å². The van der Waals surface area contributed by atoms with Gasteiger partial charge in [-0.1, -0.05) is 23.7 Å². The first-order valence-electron chi connectivity index (χ1n) is 11.6. The van der Waals surface area contributed by atoms with Gasteiger partial charge in [0.15, 0.2) is 0 Å². The Kier molecular flexibility index (Phi) is 6.93. The topological polar surface area (TPSA) is 128 Å². The number of nitrogens with one attached hydrogen (secondary N) is 1. The van der Waals surface area contributed by atoms with E-state index in [0.717, 1.165) is 16.3 Å². The van der Waals surface area contributed by atoms with Crippen LogP contribution in [0.3, 0.4) is 0 Å². The monoisotopic (exact) mass is 537 g/mol. The maximum Gasteiger partial charge on any atom is 0.354 e. The lowest BCUT2D eigenvalue weighted by atomic mass is 10.2. The van der Waals surface area contributed by atoms with Crippen LogP contribution in [-0.4, -0.2) is 30.2 Å². The fraction of sp³-hybridized carbons (Fsp3) is 0.192. The molecule has 2 atom stereocenters. The molecule has 0 aliphatic heterocycles. The Bertz CT molecular complexity index is 1590. The van der Waals surface area contributed by atoms with E-state index in [1.165, 1.54) is 16.7 Å². The van der Waals surface area contributed by atoms with Gasteiger partial charge in [0.2, 0.25) is 11.8 Å². The molecule has 2 aromatic heterocycles. The van der Waals surface area contributed by atoms with Gasteiger partial charge in [-0.05, 0) is 60.4 Å². The highest BCUT2D eigenvalue weighted by Gasteiger charge is 2.43. The van der Waals surface area contributed by atoms with Crippen LogP contribution in [0.2, 0.25) is 5.02 Å². The number of carbonyl (C=O) groups is 1. The molecular weight excluding hydrogens is 517 g/mol. The van der Waals surface area contributed by atoms with Crippen LogP contribution in [0.25, 0.3) is 0 Å². The number of nitrogens with zero attached hydrogens (tertiary/aromatic N) is 4. The number of aliphatic carboxylic acids is 1. The lowest BCUT2D eigenvalue weighted by molar-refractivity contribution is -0.138. The van der Waals surface area contributed by atoms with E-state index in [9.17, 15) is 23.9 Å².